The Morgan fingerprint density at radius 3 is 2.62 bits per heavy atom. The molecule has 2 N–H and O–H groups in total. The summed E-state index contributed by atoms with van der Waals surface area (Å²) in [7, 11) is 1.69. The SMILES string of the molecule is CCOc1cccc(C2CC(c3cccc(OC)c3)=NC3(CCN(C(C)C)CC3)N2)c1O. The molecule has 0 aliphatic carbocycles. The number of likely N-dealkylation sites (tertiary alicyclic amines) is 1. The van der Waals surface area contributed by atoms with Crippen LogP contribution < -0.4 is 14.8 Å². The van der Waals surface area contributed by atoms with E-state index < -0.39 is 0 Å². The van der Waals surface area contributed by atoms with Crippen molar-refractivity contribution in [3.63, 3.8) is 0 Å². The summed E-state index contributed by atoms with van der Waals surface area (Å²) in [5, 5.41) is 14.8. The number of nitrogens with zero attached hydrogens (tertiary/aromatic N) is 2. The first kappa shape index (κ1) is 22.6. The van der Waals surface area contributed by atoms with Gasteiger partial charge in [0, 0.05) is 42.9 Å². The fraction of sp³-hybridized carbons (Fsp3) is 0.500. The van der Waals surface area contributed by atoms with Gasteiger partial charge in [-0.05, 0) is 57.4 Å². The van der Waals surface area contributed by atoms with Crippen LogP contribution in [0.5, 0.6) is 17.2 Å². The van der Waals surface area contributed by atoms with Crippen molar-refractivity contribution in [3.8, 4) is 17.2 Å². The first-order valence-corrected chi connectivity index (χ1v) is 11.6. The molecule has 0 saturated carbocycles. The van der Waals surface area contributed by atoms with Crippen LogP contribution in [0.25, 0.3) is 0 Å². The number of methoxy groups -OCH3 is 1. The quantitative estimate of drug-likeness (QED) is 0.695. The monoisotopic (exact) mass is 437 g/mol. The maximum Gasteiger partial charge on any atom is 0.162 e. The fourth-order valence-electron chi connectivity index (χ4n) is 4.84. The zero-order valence-electron chi connectivity index (χ0n) is 19.6. The fourth-order valence-corrected chi connectivity index (χ4v) is 4.84. The maximum absolute atomic E-state index is 11.0. The lowest BCUT2D eigenvalue weighted by Gasteiger charge is -2.46. The largest absolute Gasteiger partial charge is 0.504 e. The molecule has 6 nitrogen and oxygen atoms in total. The smallest absolute Gasteiger partial charge is 0.162 e. The number of hydrogen-bond donors (Lipinski definition) is 2. The van der Waals surface area contributed by atoms with Gasteiger partial charge in [-0.15, -0.1) is 0 Å². The summed E-state index contributed by atoms with van der Waals surface area (Å²) in [6.07, 6.45) is 2.55. The average Bonchev–Trinajstić information content (AvgIpc) is 2.80. The summed E-state index contributed by atoms with van der Waals surface area (Å²) < 4.78 is 11.1. The molecule has 0 aromatic heterocycles. The van der Waals surface area contributed by atoms with E-state index in [0.717, 1.165) is 48.5 Å². The minimum Gasteiger partial charge on any atom is -0.504 e. The molecule has 1 unspecified atom stereocenters. The Bertz CT molecular complexity index is 965. The standard InChI is InChI=1S/C26H35N3O3/c1-5-32-24-11-7-10-21(25(24)30)23-17-22(19-8-6-9-20(16-19)31-4)27-26(28-23)12-14-29(15-13-26)18(2)3/h6-11,16,18,23,28,30H,5,12-15,17H2,1-4H3. The van der Waals surface area contributed by atoms with E-state index in [0.29, 0.717) is 24.8 Å². The predicted octanol–water partition coefficient (Wildman–Crippen LogP) is 4.52. The predicted molar refractivity (Wildman–Crippen MR) is 128 cm³/mol. The van der Waals surface area contributed by atoms with Crippen LogP contribution >= 0.6 is 0 Å². The normalized spacial score (nSPS) is 20.9. The lowest BCUT2D eigenvalue weighted by atomic mass is 9.87. The molecule has 2 aromatic carbocycles. The zero-order chi connectivity index (χ0) is 22.7. The van der Waals surface area contributed by atoms with Crippen molar-refractivity contribution >= 4 is 5.71 Å². The minimum absolute atomic E-state index is 0.0558. The number of phenolic OH excluding ortho intramolecular Hbond substituents is 1. The van der Waals surface area contributed by atoms with Crippen molar-refractivity contribution in [1.29, 1.82) is 0 Å². The highest BCUT2D eigenvalue weighted by Gasteiger charge is 2.41. The van der Waals surface area contributed by atoms with E-state index in [4.69, 9.17) is 14.5 Å². The number of rotatable bonds is 6. The lowest BCUT2D eigenvalue weighted by Crippen LogP contribution is -2.56. The van der Waals surface area contributed by atoms with Gasteiger partial charge in [0.2, 0.25) is 0 Å². The van der Waals surface area contributed by atoms with Gasteiger partial charge in [0.25, 0.3) is 0 Å². The van der Waals surface area contributed by atoms with Crippen LogP contribution in [0, 0.1) is 0 Å². The van der Waals surface area contributed by atoms with Crippen molar-refractivity contribution in [1.82, 2.24) is 10.2 Å². The van der Waals surface area contributed by atoms with Gasteiger partial charge in [-0.25, -0.2) is 0 Å². The van der Waals surface area contributed by atoms with E-state index in [1.54, 1.807) is 7.11 Å². The van der Waals surface area contributed by atoms with Crippen LogP contribution in [0.4, 0.5) is 0 Å². The number of nitrogens with one attached hydrogen (secondary N) is 1. The minimum atomic E-state index is -0.346. The summed E-state index contributed by atoms with van der Waals surface area (Å²) >= 11 is 0. The van der Waals surface area contributed by atoms with Gasteiger partial charge in [-0.3, -0.25) is 10.3 Å². The van der Waals surface area contributed by atoms with Crippen molar-refractivity contribution < 1.29 is 14.6 Å². The highest BCUT2D eigenvalue weighted by atomic mass is 16.5. The topological polar surface area (TPSA) is 66.3 Å². The van der Waals surface area contributed by atoms with E-state index in [1.165, 1.54) is 0 Å². The van der Waals surface area contributed by atoms with Crippen LogP contribution in [0.1, 0.15) is 57.2 Å². The van der Waals surface area contributed by atoms with Crippen molar-refractivity contribution in [3.05, 3.63) is 53.6 Å². The second-order valence-electron chi connectivity index (χ2n) is 8.98. The average molecular weight is 438 g/mol. The molecule has 1 atom stereocenters. The van der Waals surface area contributed by atoms with Gasteiger partial charge in [-0.1, -0.05) is 24.3 Å². The molecule has 6 heteroatoms. The van der Waals surface area contributed by atoms with E-state index in [2.05, 4.69) is 36.2 Å². The lowest BCUT2D eigenvalue weighted by molar-refractivity contribution is 0.103. The molecule has 1 fully saturated rings. The Morgan fingerprint density at radius 2 is 1.94 bits per heavy atom. The highest BCUT2D eigenvalue weighted by molar-refractivity contribution is 6.02. The summed E-state index contributed by atoms with van der Waals surface area (Å²) in [6, 6.07) is 14.3. The third kappa shape index (κ3) is 4.62. The number of hydrogen-bond acceptors (Lipinski definition) is 6. The number of para-hydroxylation sites is 1. The van der Waals surface area contributed by atoms with E-state index in [9.17, 15) is 5.11 Å². The van der Waals surface area contributed by atoms with E-state index in [-0.39, 0.29) is 17.5 Å². The molecule has 1 spiro atoms. The summed E-state index contributed by atoms with van der Waals surface area (Å²) in [5.41, 5.74) is 2.63. The molecule has 4 rings (SSSR count). The number of ether oxygens (including phenoxy) is 2. The first-order valence-electron chi connectivity index (χ1n) is 11.6. The van der Waals surface area contributed by atoms with Crippen molar-refractivity contribution in [2.75, 3.05) is 26.8 Å². The van der Waals surface area contributed by atoms with Gasteiger partial charge < -0.3 is 19.5 Å². The Morgan fingerprint density at radius 1 is 1.19 bits per heavy atom. The summed E-state index contributed by atoms with van der Waals surface area (Å²) in [4.78, 5) is 7.79. The highest BCUT2D eigenvalue weighted by Crippen LogP contribution is 2.41. The van der Waals surface area contributed by atoms with Crippen LogP contribution in [-0.4, -0.2) is 54.2 Å². The Kier molecular flexibility index (Phi) is 6.72. The molecule has 2 aromatic rings. The molecular formula is C26H35N3O3. The molecule has 0 radical (unpaired) electrons. The van der Waals surface area contributed by atoms with Crippen molar-refractivity contribution in [2.24, 2.45) is 4.99 Å². The third-order valence-corrected chi connectivity index (χ3v) is 6.65. The molecule has 172 valence electrons. The summed E-state index contributed by atoms with van der Waals surface area (Å²) in [6.45, 7) is 8.93. The second kappa shape index (κ2) is 9.51. The van der Waals surface area contributed by atoms with Crippen LogP contribution in [0.3, 0.4) is 0 Å². The van der Waals surface area contributed by atoms with Crippen LogP contribution in [0.15, 0.2) is 47.5 Å². The molecule has 1 saturated heterocycles. The van der Waals surface area contributed by atoms with Gasteiger partial charge in [0.05, 0.1) is 13.7 Å². The zero-order valence-corrected chi connectivity index (χ0v) is 19.6. The molecule has 0 bridgehead atoms. The number of aliphatic imine (C=N–C) groups is 1. The first-order chi connectivity index (χ1) is 15.4. The number of piperidine rings is 1. The molecular weight excluding hydrogens is 402 g/mol. The molecule has 32 heavy (non-hydrogen) atoms. The van der Waals surface area contributed by atoms with Crippen LogP contribution in [0.2, 0.25) is 0 Å². The summed E-state index contributed by atoms with van der Waals surface area (Å²) in [5.74, 6) is 1.57. The maximum atomic E-state index is 11.0. The van der Waals surface area contributed by atoms with Gasteiger partial charge in [-0.2, -0.15) is 0 Å². The van der Waals surface area contributed by atoms with Gasteiger partial charge in [0.15, 0.2) is 11.5 Å². The van der Waals surface area contributed by atoms with Crippen LogP contribution in [-0.2, 0) is 0 Å². The molecule has 2 aliphatic heterocycles. The number of aromatic hydroxyl groups is 1. The molecule has 2 heterocycles. The van der Waals surface area contributed by atoms with Crippen molar-refractivity contribution in [2.45, 2.75) is 57.8 Å². The third-order valence-electron chi connectivity index (χ3n) is 6.65. The Hall–Kier alpha value is -2.57. The van der Waals surface area contributed by atoms with E-state index >= 15 is 0 Å². The second-order valence-corrected chi connectivity index (χ2v) is 8.98. The van der Waals surface area contributed by atoms with Gasteiger partial charge in [0.1, 0.15) is 11.4 Å². The number of benzene rings is 2. The van der Waals surface area contributed by atoms with E-state index in [1.807, 2.05) is 37.3 Å². The number of phenols is 1. The molecule has 2 aliphatic rings. The Balaban J connectivity index is 1.71. The molecule has 0 amide bonds. The van der Waals surface area contributed by atoms with Gasteiger partial charge >= 0.3 is 0 Å². The Labute approximate surface area is 191 Å².